The minimum absolute atomic E-state index is 0.0996. The van der Waals surface area contributed by atoms with Gasteiger partial charge in [-0.05, 0) is 34.7 Å². The SMILES string of the molecule is CN/C=C(\C=N)c1cc2cccc(-c3ccc4c(c3)c(C(=O)NC)cn4C)c2cn1. The van der Waals surface area contributed by atoms with Crippen molar-refractivity contribution in [3.63, 3.8) is 0 Å². The number of pyridine rings is 1. The maximum atomic E-state index is 12.3. The van der Waals surface area contributed by atoms with Gasteiger partial charge < -0.3 is 20.6 Å². The summed E-state index contributed by atoms with van der Waals surface area (Å²) in [5.41, 5.74) is 5.19. The highest BCUT2D eigenvalue weighted by Gasteiger charge is 2.14. The van der Waals surface area contributed by atoms with Crippen LogP contribution >= 0.6 is 0 Å². The number of allylic oxidation sites excluding steroid dienone is 1. The number of aryl methyl sites for hydroxylation is 1. The van der Waals surface area contributed by atoms with Gasteiger partial charge in [0.2, 0.25) is 0 Å². The molecule has 0 spiro atoms. The fourth-order valence-electron chi connectivity index (χ4n) is 3.80. The largest absolute Gasteiger partial charge is 0.393 e. The number of hydrogen-bond acceptors (Lipinski definition) is 4. The van der Waals surface area contributed by atoms with E-state index in [2.05, 4.69) is 33.8 Å². The molecule has 2 heterocycles. The Morgan fingerprint density at radius 3 is 2.70 bits per heavy atom. The molecule has 0 bridgehead atoms. The van der Waals surface area contributed by atoms with Gasteiger partial charge in [0, 0.05) is 67.8 Å². The number of benzene rings is 2. The van der Waals surface area contributed by atoms with Crippen molar-refractivity contribution in [1.82, 2.24) is 20.2 Å². The van der Waals surface area contributed by atoms with E-state index in [9.17, 15) is 4.79 Å². The maximum absolute atomic E-state index is 12.3. The minimum Gasteiger partial charge on any atom is -0.393 e. The van der Waals surface area contributed by atoms with Crippen molar-refractivity contribution in [2.24, 2.45) is 7.05 Å². The van der Waals surface area contributed by atoms with Gasteiger partial charge in [0.1, 0.15) is 0 Å². The lowest BCUT2D eigenvalue weighted by Crippen LogP contribution is -2.17. The Labute approximate surface area is 174 Å². The van der Waals surface area contributed by atoms with Crippen LogP contribution in [0.4, 0.5) is 0 Å². The number of rotatable bonds is 5. The molecule has 0 fully saturated rings. The minimum atomic E-state index is -0.0996. The first-order chi connectivity index (χ1) is 14.6. The number of nitrogens with zero attached hydrogens (tertiary/aromatic N) is 2. The molecule has 30 heavy (non-hydrogen) atoms. The number of fused-ring (bicyclic) bond motifs is 2. The Morgan fingerprint density at radius 1 is 1.13 bits per heavy atom. The van der Waals surface area contributed by atoms with Gasteiger partial charge in [-0.1, -0.05) is 24.3 Å². The van der Waals surface area contributed by atoms with Crippen LogP contribution in [0, 0.1) is 5.41 Å². The summed E-state index contributed by atoms with van der Waals surface area (Å²) >= 11 is 0. The number of amides is 1. The van der Waals surface area contributed by atoms with Gasteiger partial charge in [0.25, 0.3) is 5.91 Å². The van der Waals surface area contributed by atoms with E-state index in [1.54, 1.807) is 20.3 Å². The summed E-state index contributed by atoms with van der Waals surface area (Å²) in [6.45, 7) is 0. The highest BCUT2D eigenvalue weighted by molar-refractivity contribution is 6.10. The molecule has 0 unspecified atom stereocenters. The molecular formula is C24H23N5O. The summed E-state index contributed by atoms with van der Waals surface area (Å²) < 4.78 is 1.97. The van der Waals surface area contributed by atoms with Crippen LogP contribution in [0.2, 0.25) is 0 Å². The molecule has 4 rings (SSSR count). The second-order valence-electron chi connectivity index (χ2n) is 7.09. The summed E-state index contributed by atoms with van der Waals surface area (Å²) in [4.78, 5) is 16.9. The van der Waals surface area contributed by atoms with Crippen LogP contribution in [0.5, 0.6) is 0 Å². The Morgan fingerprint density at radius 2 is 1.97 bits per heavy atom. The van der Waals surface area contributed by atoms with E-state index in [1.807, 2.05) is 48.3 Å². The standard InChI is InChI=1S/C24H23N5O/c1-26-12-17(11-25)22-10-15-5-4-6-18(20(15)13-28-22)16-7-8-23-19(9-16)21(14-29(23)3)24(30)27-2/h4-14,25-26H,1-3H3,(H,27,30)/b17-12+,25-11?. The van der Waals surface area contributed by atoms with Gasteiger partial charge in [-0.3, -0.25) is 9.78 Å². The molecule has 150 valence electrons. The predicted molar refractivity (Wildman–Crippen MR) is 123 cm³/mol. The third kappa shape index (κ3) is 3.22. The topological polar surface area (TPSA) is 82.8 Å². The average Bonchev–Trinajstić information content (AvgIpc) is 3.12. The number of nitrogens with one attached hydrogen (secondary N) is 3. The van der Waals surface area contributed by atoms with Crippen LogP contribution < -0.4 is 10.6 Å². The average molecular weight is 397 g/mol. The third-order valence-electron chi connectivity index (χ3n) is 5.29. The Hall–Kier alpha value is -3.93. The molecule has 6 heteroatoms. The van der Waals surface area contributed by atoms with Crippen molar-refractivity contribution in [1.29, 1.82) is 5.41 Å². The zero-order chi connectivity index (χ0) is 21.3. The molecule has 0 aliphatic heterocycles. The first-order valence-electron chi connectivity index (χ1n) is 9.66. The monoisotopic (exact) mass is 397 g/mol. The normalized spacial score (nSPS) is 11.6. The molecule has 0 saturated heterocycles. The van der Waals surface area contributed by atoms with Crippen molar-refractivity contribution in [2.75, 3.05) is 14.1 Å². The highest BCUT2D eigenvalue weighted by atomic mass is 16.1. The van der Waals surface area contributed by atoms with E-state index >= 15 is 0 Å². The lowest BCUT2D eigenvalue weighted by molar-refractivity contribution is 0.0964. The molecule has 2 aromatic heterocycles. The van der Waals surface area contributed by atoms with E-state index in [-0.39, 0.29) is 5.91 Å². The van der Waals surface area contributed by atoms with Gasteiger partial charge >= 0.3 is 0 Å². The smallest absolute Gasteiger partial charge is 0.253 e. The summed E-state index contributed by atoms with van der Waals surface area (Å²) in [5.74, 6) is -0.0996. The molecule has 0 saturated carbocycles. The van der Waals surface area contributed by atoms with E-state index in [1.165, 1.54) is 6.21 Å². The molecule has 2 aromatic carbocycles. The second kappa shape index (κ2) is 7.83. The molecule has 0 aliphatic rings. The molecule has 0 radical (unpaired) electrons. The molecule has 3 N–H and O–H groups in total. The second-order valence-corrected chi connectivity index (χ2v) is 7.09. The lowest BCUT2D eigenvalue weighted by atomic mass is 9.97. The zero-order valence-corrected chi connectivity index (χ0v) is 17.2. The molecule has 4 aromatic rings. The van der Waals surface area contributed by atoms with Gasteiger partial charge in [0.15, 0.2) is 0 Å². The fraction of sp³-hybridized carbons (Fsp3) is 0.125. The van der Waals surface area contributed by atoms with Gasteiger partial charge in [-0.25, -0.2) is 0 Å². The summed E-state index contributed by atoms with van der Waals surface area (Å²) in [6.07, 6.45) is 6.76. The van der Waals surface area contributed by atoms with E-state index in [4.69, 9.17) is 5.41 Å². The summed E-state index contributed by atoms with van der Waals surface area (Å²) in [5, 5.41) is 16.3. The van der Waals surface area contributed by atoms with Crippen LogP contribution in [0.3, 0.4) is 0 Å². The van der Waals surface area contributed by atoms with E-state index < -0.39 is 0 Å². The number of carbonyl (C=O) groups excluding carboxylic acids is 1. The van der Waals surface area contributed by atoms with Gasteiger partial charge in [-0.15, -0.1) is 0 Å². The van der Waals surface area contributed by atoms with Crippen molar-refractivity contribution in [2.45, 2.75) is 0 Å². The first-order valence-corrected chi connectivity index (χ1v) is 9.66. The fourth-order valence-corrected chi connectivity index (χ4v) is 3.80. The quantitative estimate of drug-likeness (QED) is 0.446. The maximum Gasteiger partial charge on any atom is 0.253 e. The first kappa shape index (κ1) is 19.4. The van der Waals surface area contributed by atoms with E-state index in [0.29, 0.717) is 11.1 Å². The van der Waals surface area contributed by atoms with Crippen LogP contribution in [0.25, 0.3) is 38.4 Å². The molecule has 1 amide bonds. The molecule has 0 aliphatic carbocycles. The Balaban J connectivity index is 1.89. The number of hydrogen-bond donors (Lipinski definition) is 3. The zero-order valence-electron chi connectivity index (χ0n) is 17.2. The van der Waals surface area contributed by atoms with Crippen LogP contribution in [-0.4, -0.2) is 35.8 Å². The summed E-state index contributed by atoms with van der Waals surface area (Å²) in [6, 6.07) is 14.3. The van der Waals surface area contributed by atoms with Crippen molar-refractivity contribution < 1.29 is 4.79 Å². The lowest BCUT2D eigenvalue weighted by Gasteiger charge is -2.10. The third-order valence-corrected chi connectivity index (χ3v) is 5.29. The van der Waals surface area contributed by atoms with Gasteiger partial charge in [-0.2, -0.15) is 0 Å². The van der Waals surface area contributed by atoms with Crippen molar-refractivity contribution in [3.05, 3.63) is 72.3 Å². The van der Waals surface area contributed by atoms with Crippen molar-refractivity contribution in [3.8, 4) is 11.1 Å². The molecular weight excluding hydrogens is 374 g/mol. The van der Waals surface area contributed by atoms with Gasteiger partial charge in [0.05, 0.1) is 11.3 Å². The molecule has 6 nitrogen and oxygen atoms in total. The Bertz CT molecular complexity index is 1320. The number of aromatic nitrogens is 2. The van der Waals surface area contributed by atoms with Crippen LogP contribution in [0.1, 0.15) is 16.1 Å². The highest BCUT2D eigenvalue weighted by Crippen LogP contribution is 2.32. The van der Waals surface area contributed by atoms with Crippen molar-refractivity contribution >= 4 is 39.4 Å². The van der Waals surface area contributed by atoms with E-state index in [0.717, 1.165) is 38.5 Å². The summed E-state index contributed by atoms with van der Waals surface area (Å²) in [7, 11) is 5.39. The number of carbonyl (C=O) groups is 1. The molecule has 0 atom stereocenters. The van der Waals surface area contributed by atoms with Crippen LogP contribution in [-0.2, 0) is 7.05 Å². The Kier molecular flexibility index (Phi) is 5.06. The predicted octanol–water partition coefficient (Wildman–Crippen LogP) is 3.96. The van der Waals surface area contributed by atoms with Crippen LogP contribution in [0.15, 0.2) is 61.1 Å².